The van der Waals surface area contributed by atoms with Gasteiger partial charge in [-0.1, -0.05) is 35.9 Å². The molecule has 4 rings (SSSR count). The molecule has 1 aliphatic rings. The molecule has 11 heteroatoms. The van der Waals surface area contributed by atoms with Crippen LogP contribution in [-0.4, -0.2) is 50.3 Å². The van der Waals surface area contributed by atoms with Crippen molar-refractivity contribution in [3.8, 4) is 11.1 Å². The lowest BCUT2D eigenvalue weighted by Crippen LogP contribution is -2.45. The highest BCUT2D eigenvalue weighted by Gasteiger charge is 2.40. The van der Waals surface area contributed by atoms with Crippen LogP contribution in [0.5, 0.6) is 0 Å². The first-order valence-corrected chi connectivity index (χ1v) is 13.2. The average Bonchev–Trinajstić information content (AvgIpc) is 3.23. The second kappa shape index (κ2) is 10.2. The molecule has 1 heterocycles. The number of nitrogens with one attached hydrogen (secondary N) is 2. The SMILES string of the molecule is CS(=O)(=O)c1ccccc1-c1ccc(NC(=O)[C@H]2C[C@@H](F)CN2C(=O)Nc2ccc(Cl)cc2)c(F)c1. The third kappa shape index (κ3) is 5.66. The Kier molecular flexibility index (Phi) is 7.28. The van der Waals surface area contributed by atoms with Crippen molar-refractivity contribution in [3.05, 3.63) is 77.6 Å². The van der Waals surface area contributed by atoms with E-state index < -0.39 is 39.8 Å². The van der Waals surface area contributed by atoms with Crippen molar-refractivity contribution in [1.82, 2.24) is 4.90 Å². The lowest BCUT2D eigenvalue weighted by molar-refractivity contribution is -0.119. The van der Waals surface area contributed by atoms with Crippen molar-refractivity contribution in [2.45, 2.75) is 23.5 Å². The zero-order chi connectivity index (χ0) is 26.0. The van der Waals surface area contributed by atoms with Crippen molar-refractivity contribution in [3.63, 3.8) is 0 Å². The molecule has 0 bridgehead atoms. The highest BCUT2D eigenvalue weighted by molar-refractivity contribution is 7.90. The van der Waals surface area contributed by atoms with Gasteiger partial charge in [-0.05, 0) is 48.0 Å². The molecule has 1 aliphatic heterocycles. The Morgan fingerprint density at radius 3 is 2.39 bits per heavy atom. The molecule has 36 heavy (non-hydrogen) atoms. The first-order chi connectivity index (χ1) is 17.0. The predicted octanol–water partition coefficient (Wildman–Crippen LogP) is 5.13. The fourth-order valence-corrected chi connectivity index (χ4v) is 5.05. The van der Waals surface area contributed by atoms with Gasteiger partial charge in [0.05, 0.1) is 17.1 Å². The van der Waals surface area contributed by atoms with Crippen molar-refractivity contribution >= 4 is 44.8 Å². The zero-order valence-electron chi connectivity index (χ0n) is 19.0. The number of anilines is 2. The molecule has 0 aliphatic carbocycles. The van der Waals surface area contributed by atoms with Gasteiger partial charge in [-0.2, -0.15) is 0 Å². The molecule has 2 atom stereocenters. The van der Waals surface area contributed by atoms with Gasteiger partial charge < -0.3 is 15.5 Å². The molecule has 0 unspecified atom stereocenters. The van der Waals surface area contributed by atoms with Crippen LogP contribution >= 0.6 is 11.6 Å². The van der Waals surface area contributed by atoms with Crippen molar-refractivity contribution in [2.75, 3.05) is 23.4 Å². The molecule has 2 N–H and O–H groups in total. The summed E-state index contributed by atoms with van der Waals surface area (Å²) in [4.78, 5) is 26.7. The van der Waals surface area contributed by atoms with Crippen LogP contribution in [0.2, 0.25) is 5.02 Å². The van der Waals surface area contributed by atoms with E-state index in [1.807, 2.05) is 0 Å². The number of carbonyl (C=O) groups excluding carboxylic acids is 2. The number of sulfone groups is 1. The van der Waals surface area contributed by atoms with Gasteiger partial charge in [0, 0.05) is 29.0 Å². The number of halogens is 3. The van der Waals surface area contributed by atoms with Gasteiger partial charge in [-0.3, -0.25) is 4.79 Å². The standard InChI is InChI=1S/C25H22ClF2N3O4S/c1-36(34,35)23-5-3-2-4-19(23)15-6-11-21(20(28)12-15)30-24(32)22-13-17(27)14-31(22)25(33)29-18-9-7-16(26)8-10-18/h2-12,17,22H,13-14H2,1H3,(H,29,33)(H,30,32)/t17-,22-/m1/s1. The minimum Gasteiger partial charge on any atom is -0.322 e. The van der Waals surface area contributed by atoms with E-state index in [1.165, 1.54) is 18.2 Å². The van der Waals surface area contributed by atoms with Crippen LogP contribution in [0.25, 0.3) is 11.1 Å². The van der Waals surface area contributed by atoms with Gasteiger partial charge in [0.2, 0.25) is 5.91 Å². The van der Waals surface area contributed by atoms with Gasteiger partial charge >= 0.3 is 6.03 Å². The maximum Gasteiger partial charge on any atom is 0.322 e. The molecule has 3 aromatic carbocycles. The zero-order valence-corrected chi connectivity index (χ0v) is 20.6. The Morgan fingerprint density at radius 2 is 1.72 bits per heavy atom. The van der Waals surface area contributed by atoms with Crippen LogP contribution < -0.4 is 10.6 Å². The lowest BCUT2D eigenvalue weighted by Gasteiger charge is -2.24. The first-order valence-electron chi connectivity index (χ1n) is 10.9. The van der Waals surface area contributed by atoms with E-state index >= 15 is 0 Å². The molecule has 0 aromatic heterocycles. The third-order valence-corrected chi connectivity index (χ3v) is 7.14. The van der Waals surface area contributed by atoms with E-state index in [0.29, 0.717) is 21.8 Å². The smallest absolute Gasteiger partial charge is 0.322 e. The minimum absolute atomic E-state index is 0.0449. The van der Waals surface area contributed by atoms with Crippen molar-refractivity contribution in [2.24, 2.45) is 0 Å². The second-order valence-electron chi connectivity index (χ2n) is 8.39. The number of rotatable bonds is 5. The summed E-state index contributed by atoms with van der Waals surface area (Å²) in [6, 6.07) is 14.5. The van der Waals surface area contributed by atoms with Crippen LogP contribution in [-0.2, 0) is 14.6 Å². The molecule has 3 amide bonds. The number of alkyl halides is 1. The van der Waals surface area contributed by atoms with Crippen molar-refractivity contribution in [1.29, 1.82) is 0 Å². The Labute approximate surface area is 212 Å². The Bertz CT molecular complexity index is 1420. The summed E-state index contributed by atoms with van der Waals surface area (Å²) in [5, 5.41) is 5.48. The van der Waals surface area contributed by atoms with Gasteiger partial charge in [-0.15, -0.1) is 0 Å². The fraction of sp³-hybridized carbons (Fsp3) is 0.200. The largest absolute Gasteiger partial charge is 0.322 e. The second-order valence-corrected chi connectivity index (χ2v) is 10.8. The molecule has 3 aromatic rings. The summed E-state index contributed by atoms with van der Waals surface area (Å²) in [5.41, 5.74) is 0.862. The molecule has 0 spiro atoms. The number of likely N-dealkylation sites (tertiary alicyclic amines) is 1. The maximum atomic E-state index is 14.9. The van der Waals surface area contributed by atoms with Crippen LogP contribution in [0.1, 0.15) is 6.42 Å². The number of benzene rings is 3. The van der Waals surface area contributed by atoms with Crippen LogP contribution in [0.3, 0.4) is 0 Å². The van der Waals surface area contributed by atoms with Crippen LogP contribution in [0, 0.1) is 5.82 Å². The maximum absolute atomic E-state index is 14.9. The van der Waals surface area contributed by atoms with E-state index in [2.05, 4.69) is 10.6 Å². The number of amides is 3. The number of nitrogens with zero attached hydrogens (tertiary/aromatic N) is 1. The van der Waals surface area contributed by atoms with Gasteiger partial charge in [0.15, 0.2) is 9.84 Å². The Hall–Kier alpha value is -3.50. The molecule has 0 saturated carbocycles. The molecule has 7 nitrogen and oxygen atoms in total. The fourth-order valence-electron chi connectivity index (χ4n) is 4.01. The highest BCUT2D eigenvalue weighted by atomic mass is 35.5. The van der Waals surface area contributed by atoms with E-state index in [4.69, 9.17) is 11.6 Å². The summed E-state index contributed by atoms with van der Waals surface area (Å²) < 4.78 is 53.3. The van der Waals surface area contributed by atoms with Gasteiger partial charge in [0.25, 0.3) is 0 Å². The minimum atomic E-state index is -3.56. The van der Waals surface area contributed by atoms with E-state index in [9.17, 15) is 26.8 Å². The lowest BCUT2D eigenvalue weighted by atomic mass is 10.0. The molecule has 188 valence electrons. The first kappa shape index (κ1) is 25.6. The molecule has 1 saturated heterocycles. The molecular formula is C25H22ClF2N3O4S. The highest BCUT2D eigenvalue weighted by Crippen LogP contribution is 2.30. The summed E-state index contributed by atoms with van der Waals surface area (Å²) in [7, 11) is -3.56. The topological polar surface area (TPSA) is 95.6 Å². The molecule has 0 radical (unpaired) electrons. The number of urea groups is 1. The van der Waals surface area contributed by atoms with E-state index in [0.717, 1.165) is 17.2 Å². The average molecular weight is 534 g/mol. The predicted molar refractivity (Wildman–Crippen MR) is 134 cm³/mol. The van der Waals surface area contributed by atoms with Crippen LogP contribution in [0.15, 0.2) is 71.6 Å². The number of hydrogen-bond donors (Lipinski definition) is 2. The number of hydrogen-bond acceptors (Lipinski definition) is 4. The van der Waals surface area contributed by atoms with Crippen LogP contribution in [0.4, 0.5) is 25.0 Å². The molecular weight excluding hydrogens is 512 g/mol. The quantitative estimate of drug-likeness (QED) is 0.475. The van der Waals surface area contributed by atoms with Gasteiger partial charge in [-0.25, -0.2) is 22.0 Å². The number of carbonyl (C=O) groups is 2. The third-order valence-electron chi connectivity index (χ3n) is 5.73. The molecule has 1 fully saturated rings. The normalized spacial score (nSPS) is 17.6. The van der Waals surface area contributed by atoms with E-state index in [-0.39, 0.29) is 23.5 Å². The van der Waals surface area contributed by atoms with E-state index in [1.54, 1.807) is 42.5 Å². The summed E-state index contributed by atoms with van der Waals surface area (Å²) >= 11 is 5.84. The van der Waals surface area contributed by atoms with Crippen molar-refractivity contribution < 1.29 is 26.8 Å². The monoisotopic (exact) mass is 533 g/mol. The summed E-state index contributed by atoms with van der Waals surface area (Å²) in [5.74, 6) is -1.55. The Morgan fingerprint density at radius 1 is 1.03 bits per heavy atom. The summed E-state index contributed by atoms with van der Waals surface area (Å²) in [6.07, 6.45) is -0.594. The Balaban J connectivity index is 1.51. The summed E-state index contributed by atoms with van der Waals surface area (Å²) in [6.45, 7) is -0.290. The van der Waals surface area contributed by atoms with Gasteiger partial charge in [0.1, 0.15) is 18.0 Å².